The maximum atomic E-state index is 13.5. The normalized spacial score (nSPS) is 16.7. The minimum Gasteiger partial charge on any atom is -0.488 e. The number of hydrogen-bond acceptors (Lipinski definition) is 5. The fourth-order valence-corrected chi connectivity index (χ4v) is 4.17. The topological polar surface area (TPSA) is 95.3 Å². The van der Waals surface area contributed by atoms with E-state index in [1.54, 1.807) is 30.3 Å². The summed E-state index contributed by atoms with van der Waals surface area (Å²) in [7, 11) is 0. The van der Waals surface area contributed by atoms with Crippen LogP contribution in [0.4, 0.5) is 0 Å². The molecule has 0 fully saturated rings. The van der Waals surface area contributed by atoms with Crippen molar-refractivity contribution in [1.82, 2.24) is 14.1 Å². The van der Waals surface area contributed by atoms with Crippen LogP contribution in [0.15, 0.2) is 81.1 Å². The van der Waals surface area contributed by atoms with Crippen LogP contribution in [0.2, 0.25) is 0 Å². The molecule has 0 bridgehead atoms. The smallest absolute Gasteiger partial charge is 0.345 e. The Bertz CT molecular complexity index is 1570. The van der Waals surface area contributed by atoms with Crippen LogP contribution in [-0.4, -0.2) is 20.2 Å². The van der Waals surface area contributed by atoms with Gasteiger partial charge in [0.15, 0.2) is 0 Å². The molecule has 1 aromatic heterocycles. The van der Waals surface area contributed by atoms with E-state index in [9.17, 15) is 14.4 Å². The van der Waals surface area contributed by atoms with Crippen molar-refractivity contribution in [3.63, 3.8) is 0 Å². The lowest BCUT2D eigenvalue weighted by Crippen LogP contribution is -2.48. The van der Waals surface area contributed by atoms with Gasteiger partial charge in [0, 0.05) is 11.5 Å². The molecular formula is C26H23N3O5. The Morgan fingerprint density at radius 3 is 2.35 bits per heavy atom. The molecule has 0 saturated heterocycles. The highest BCUT2D eigenvalue weighted by Gasteiger charge is 2.31. The number of hydrogen-bond donors (Lipinski definition) is 1. The number of para-hydroxylation sites is 2. The van der Waals surface area contributed by atoms with Crippen LogP contribution < -0.4 is 26.5 Å². The number of benzene rings is 3. The van der Waals surface area contributed by atoms with Gasteiger partial charge in [-0.15, -0.1) is 0 Å². The fourth-order valence-electron chi connectivity index (χ4n) is 4.17. The Kier molecular flexibility index (Phi) is 5.20. The molecule has 0 amide bonds. The first-order chi connectivity index (χ1) is 16.3. The van der Waals surface area contributed by atoms with E-state index >= 15 is 0 Å². The quantitative estimate of drug-likeness (QED) is 0.505. The standard InChI is InChI=1S/C26H23N3O5/c1-15-14-18(12-13-22(15)34-19-8-5-4-6-9-19)28-24(30)27-25(31)29(26(28)32)21-11-7-10-20-16(2)17(3)33-23(20)21/h4-14,16-17H,1-3H3,(H,27,30,31). The van der Waals surface area contributed by atoms with E-state index in [2.05, 4.69) is 4.98 Å². The maximum absolute atomic E-state index is 13.5. The first-order valence-corrected chi connectivity index (χ1v) is 11.0. The largest absolute Gasteiger partial charge is 0.488 e. The Labute approximate surface area is 194 Å². The summed E-state index contributed by atoms with van der Waals surface area (Å²) in [6.45, 7) is 5.78. The minimum absolute atomic E-state index is 0.100. The lowest BCUT2D eigenvalue weighted by atomic mass is 9.98. The second-order valence-electron chi connectivity index (χ2n) is 8.36. The Morgan fingerprint density at radius 1 is 0.882 bits per heavy atom. The molecule has 3 aromatic carbocycles. The molecule has 1 aliphatic rings. The second-order valence-corrected chi connectivity index (χ2v) is 8.36. The van der Waals surface area contributed by atoms with E-state index < -0.39 is 17.1 Å². The molecule has 172 valence electrons. The molecule has 5 rings (SSSR count). The van der Waals surface area contributed by atoms with Crippen LogP contribution in [0, 0.1) is 6.92 Å². The van der Waals surface area contributed by atoms with Crippen molar-refractivity contribution in [1.29, 1.82) is 0 Å². The number of fused-ring (bicyclic) bond motifs is 1. The van der Waals surface area contributed by atoms with Crippen molar-refractivity contribution in [3.8, 4) is 28.6 Å². The van der Waals surface area contributed by atoms with Crippen LogP contribution in [-0.2, 0) is 0 Å². The van der Waals surface area contributed by atoms with Gasteiger partial charge in [0.1, 0.15) is 23.4 Å². The summed E-state index contributed by atoms with van der Waals surface area (Å²) < 4.78 is 13.7. The highest BCUT2D eigenvalue weighted by Crippen LogP contribution is 2.41. The van der Waals surface area contributed by atoms with Crippen molar-refractivity contribution in [2.24, 2.45) is 0 Å². The number of aromatic amines is 1. The minimum atomic E-state index is -0.823. The number of nitrogens with zero attached hydrogens (tertiary/aromatic N) is 2. The summed E-state index contributed by atoms with van der Waals surface area (Å²) in [4.78, 5) is 41.2. The molecule has 0 spiro atoms. The van der Waals surface area contributed by atoms with Crippen molar-refractivity contribution in [2.45, 2.75) is 32.8 Å². The first-order valence-electron chi connectivity index (χ1n) is 11.0. The molecule has 2 unspecified atom stereocenters. The summed E-state index contributed by atoms with van der Waals surface area (Å²) in [5, 5.41) is 0. The summed E-state index contributed by atoms with van der Waals surface area (Å²) in [6, 6.07) is 19.6. The zero-order chi connectivity index (χ0) is 24.0. The maximum Gasteiger partial charge on any atom is 0.345 e. The van der Waals surface area contributed by atoms with Crippen molar-refractivity contribution in [3.05, 3.63) is 109 Å². The number of aryl methyl sites for hydroxylation is 1. The number of ether oxygens (including phenoxy) is 2. The molecule has 2 atom stereocenters. The molecule has 1 aliphatic heterocycles. The number of H-pyrrole nitrogens is 1. The van der Waals surface area contributed by atoms with Gasteiger partial charge in [0.2, 0.25) is 0 Å². The Hall–Kier alpha value is -4.33. The van der Waals surface area contributed by atoms with Gasteiger partial charge in [0.05, 0.1) is 11.4 Å². The SMILES string of the molecule is Cc1cc(-n2c(=O)[nH]c(=O)n(-c3cccc4c3OC(C)C4C)c2=O)ccc1Oc1ccccc1. The second kappa shape index (κ2) is 8.22. The van der Waals surface area contributed by atoms with Crippen LogP contribution in [0.5, 0.6) is 17.2 Å². The molecule has 0 radical (unpaired) electrons. The van der Waals surface area contributed by atoms with Crippen molar-refractivity contribution < 1.29 is 9.47 Å². The summed E-state index contributed by atoms with van der Waals surface area (Å²) in [5.74, 6) is 1.84. The summed E-state index contributed by atoms with van der Waals surface area (Å²) in [6.07, 6.45) is -0.100. The van der Waals surface area contributed by atoms with Gasteiger partial charge >= 0.3 is 17.1 Å². The van der Waals surface area contributed by atoms with Crippen LogP contribution >= 0.6 is 0 Å². The fraction of sp³-hybridized carbons (Fsp3) is 0.192. The number of rotatable bonds is 4. The van der Waals surface area contributed by atoms with Crippen LogP contribution in [0.25, 0.3) is 11.4 Å². The third kappa shape index (κ3) is 3.53. The monoisotopic (exact) mass is 457 g/mol. The molecule has 1 N–H and O–H groups in total. The van der Waals surface area contributed by atoms with E-state index in [0.717, 1.165) is 20.3 Å². The summed E-state index contributed by atoms with van der Waals surface area (Å²) >= 11 is 0. The molecule has 4 aromatic rings. The van der Waals surface area contributed by atoms with E-state index in [4.69, 9.17) is 9.47 Å². The van der Waals surface area contributed by atoms with Gasteiger partial charge in [-0.25, -0.2) is 23.5 Å². The average molecular weight is 457 g/mol. The molecular weight excluding hydrogens is 434 g/mol. The van der Waals surface area contributed by atoms with Gasteiger partial charge in [-0.1, -0.05) is 37.3 Å². The van der Waals surface area contributed by atoms with Gasteiger partial charge in [-0.3, -0.25) is 4.98 Å². The highest BCUT2D eigenvalue weighted by atomic mass is 16.5. The van der Waals surface area contributed by atoms with Gasteiger partial charge in [-0.2, -0.15) is 0 Å². The van der Waals surface area contributed by atoms with Crippen molar-refractivity contribution >= 4 is 0 Å². The zero-order valence-corrected chi connectivity index (χ0v) is 18.9. The Balaban J connectivity index is 1.63. The molecule has 8 nitrogen and oxygen atoms in total. The zero-order valence-electron chi connectivity index (χ0n) is 18.9. The van der Waals surface area contributed by atoms with E-state index in [1.165, 1.54) is 0 Å². The van der Waals surface area contributed by atoms with Crippen molar-refractivity contribution in [2.75, 3.05) is 0 Å². The third-order valence-corrected chi connectivity index (χ3v) is 6.15. The van der Waals surface area contributed by atoms with Crippen LogP contribution in [0.1, 0.15) is 30.9 Å². The first kappa shape index (κ1) is 21.5. The lowest BCUT2D eigenvalue weighted by Gasteiger charge is -2.14. The van der Waals surface area contributed by atoms with E-state index in [0.29, 0.717) is 28.6 Å². The van der Waals surface area contributed by atoms with E-state index in [1.807, 2.05) is 57.2 Å². The molecule has 0 saturated carbocycles. The molecule has 2 heterocycles. The van der Waals surface area contributed by atoms with E-state index in [-0.39, 0.29) is 12.0 Å². The summed E-state index contributed by atoms with van der Waals surface area (Å²) in [5.41, 5.74) is -0.185. The number of aromatic nitrogens is 3. The number of nitrogens with one attached hydrogen (secondary N) is 1. The lowest BCUT2D eigenvalue weighted by molar-refractivity contribution is 0.232. The van der Waals surface area contributed by atoms with Gasteiger partial charge in [0.25, 0.3) is 0 Å². The average Bonchev–Trinajstić information content (AvgIpc) is 3.10. The molecule has 34 heavy (non-hydrogen) atoms. The molecule has 8 heteroatoms. The Morgan fingerprint density at radius 2 is 1.62 bits per heavy atom. The predicted octanol–water partition coefficient (Wildman–Crippen LogP) is 3.66. The predicted molar refractivity (Wildman–Crippen MR) is 128 cm³/mol. The highest BCUT2D eigenvalue weighted by molar-refractivity contribution is 5.55. The van der Waals surface area contributed by atoms with Gasteiger partial charge in [-0.05, 0) is 55.8 Å². The van der Waals surface area contributed by atoms with Gasteiger partial charge < -0.3 is 9.47 Å². The third-order valence-electron chi connectivity index (χ3n) is 6.15. The van der Waals surface area contributed by atoms with Crippen LogP contribution in [0.3, 0.4) is 0 Å². The molecule has 0 aliphatic carbocycles.